The first-order valence-electron chi connectivity index (χ1n) is 7.99. The van der Waals surface area contributed by atoms with Crippen molar-refractivity contribution < 1.29 is 13.5 Å². The van der Waals surface area contributed by atoms with Crippen molar-refractivity contribution in [2.24, 2.45) is 11.7 Å². The molecule has 7 heteroatoms. The van der Waals surface area contributed by atoms with E-state index in [1.165, 1.54) is 4.31 Å². The number of benzene rings is 1. The summed E-state index contributed by atoms with van der Waals surface area (Å²) >= 11 is 0. The maximum atomic E-state index is 12.8. The van der Waals surface area contributed by atoms with Crippen molar-refractivity contribution in [1.82, 2.24) is 4.31 Å². The first-order valence-corrected chi connectivity index (χ1v) is 9.43. The van der Waals surface area contributed by atoms with Crippen molar-refractivity contribution in [2.75, 3.05) is 25.4 Å². The molecule has 0 saturated heterocycles. The van der Waals surface area contributed by atoms with Crippen LogP contribution in [0.3, 0.4) is 0 Å². The fourth-order valence-corrected chi connectivity index (χ4v) is 3.93. The Morgan fingerprint density at radius 1 is 1.17 bits per heavy atom. The molecule has 0 bridgehead atoms. The number of hydrogen-bond acceptors (Lipinski definition) is 5. The summed E-state index contributed by atoms with van der Waals surface area (Å²) in [4.78, 5) is 0.263. The lowest BCUT2D eigenvalue weighted by atomic mass is 10.1. The summed E-state index contributed by atoms with van der Waals surface area (Å²) in [5.74, 6) is 0.234. The van der Waals surface area contributed by atoms with E-state index >= 15 is 0 Å². The second kappa shape index (κ2) is 9.22. The molecule has 132 valence electrons. The van der Waals surface area contributed by atoms with Crippen LogP contribution in [0.5, 0.6) is 0 Å². The Labute approximate surface area is 139 Å². The Morgan fingerprint density at radius 3 is 2.30 bits per heavy atom. The van der Waals surface area contributed by atoms with Crippen LogP contribution in [-0.2, 0) is 10.0 Å². The first kappa shape index (κ1) is 19.9. The molecular formula is C16H29N3O3S. The van der Waals surface area contributed by atoms with E-state index in [2.05, 4.69) is 0 Å². The summed E-state index contributed by atoms with van der Waals surface area (Å²) in [6.45, 7) is 4.86. The first-order chi connectivity index (χ1) is 10.8. The average Bonchev–Trinajstić information content (AvgIpc) is 2.50. The van der Waals surface area contributed by atoms with Crippen molar-refractivity contribution >= 4 is 15.7 Å². The van der Waals surface area contributed by atoms with E-state index in [0.29, 0.717) is 31.6 Å². The van der Waals surface area contributed by atoms with E-state index in [1.54, 1.807) is 24.3 Å². The van der Waals surface area contributed by atoms with Crippen LogP contribution in [0.15, 0.2) is 29.2 Å². The van der Waals surface area contributed by atoms with Gasteiger partial charge < -0.3 is 16.6 Å². The molecule has 5 N–H and O–H groups in total. The summed E-state index contributed by atoms with van der Waals surface area (Å²) in [6, 6.07) is 6.04. The van der Waals surface area contributed by atoms with Gasteiger partial charge in [0.1, 0.15) is 0 Å². The van der Waals surface area contributed by atoms with Gasteiger partial charge in [0.05, 0.1) is 11.5 Å². The van der Waals surface area contributed by atoms with Gasteiger partial charge in [0.15, 0.2) is 0 Å². The van der Waals surface area contributed by atoms with Crippen LogP contribution in [0.1, 0.15) is 33.1 Å². The highest BCUT2D eigenvalue weighted by Gasteiger charge is 2.24. The largest absolute Gasteiger partial charge is 0.399 e. The number of nitrogens with zero attached hydrogens (tertiary/aromatic N) is 1. The highest BCUT2D eigenvalue weighted by molar-refractivity contribution is 7.89. The average molecular weight is 343 g/mol. The van der Waals surface area contributed by atoms with E-state index in [-0.39, 0.29) is 23.5 Å². The zero-order valence-electron chi connectivity index (χ0n) is 14.0. The zero-order chi connectivity index (χ0) is 17.5. The van der Waals surface area contributed by atoms with Crippen molar-refractivity contribution in [2.45, 2.75) is 44.0 Å². The molecule has 0 heterocycles. The summed E-state index contributed by atoms with van der Waals surface area (Å²) in [7, 11) is -3.52. The predicted octanol–water partition coefficient (Wildman–Crippen LogP) is 1.41. The monoisotopic (exact) mass is 343 g/mol. The third-order valence-corrected chi connectivity index (χ3v) is 5.43. The molecule has 1 aromatic carbocycles. The molecule has 0 aliphatic rings. The molecule has 0 radical (unpaired) electrons. The van der Waals surface area contributed by atoms with Gasteiger partial charge in [0.25, 0.3) is 0 Å². The van der Waals surface area contributed by atoms with Gasteiger partial charge in [-0.05, 0) is 43.0 Å². The maximum Gasteiger partial charge on any atom is 0.243 e. The van der Waals surface area contributed by atoms with Crippen molar-refractivity contribution in [3.05, 3.63) is 24.3 Å². The Bertz CT molecular complexity index is 558. The quantitative estimate of drug-likeness (QED) is 0.439. The number of nitrogens with two attached hydrogens (primary N) is 2. The molecule has 1 rings (SSSR count). The summed E-state index contributed by atoms with van der Waals surface area (Å²) in [5, 5.41) is 8.92. The number of nitrogen functional groups attached to an aromatic ring is 1. The van der Waals surface area contributed by atoms with Crippen LogP contribution in [0.2, 0.25) is 0 Å². The van der Waals surface area contributed by atoms with Gasteiger partial charge in [-0.1, -0.05) is 20.3 Å². The van der Waals surface area contributed by atoms with Gasteiger partial charge in [-0.2, -0.15) is 4.31 Å². The minimum absolute atomic E-state index is 0.0422. The molecule has 0 aliphatic heterocycles. The van der Waals surface area contributed by atoms with Crippen LogP contribution in [0, 0.1) is 5.92 Å². The van der Waals surface area contributed by atoms with E-state index in [1.807, 2.05) is 13.8 Å². The van der Waals surface area contributed by atoms with Gasteiger partial charge >= 0.3 is 0 Å². The predicted molar refractivity (Wildman–Crippen MR) is 93.4 cm³/mol. The molecule has 0 fully saturated rings. The van der Waals surface area contributed by atoms with Crippen LogP contribution < -0.4 is 11.5 Å². The van der Waals surface area contributed by atoms with Gasteiger partial charge in [0.2, 0.25) is 10.0 Å². The highest BCUT2D eigenvalue weighted by Crippen LogP contribution is 2.19. The molecular weight excluding hydrogens is 314 g/mol. The third kappa shape index (κ3) is 6.47. The lowest BCUT2D eigenvalue weighted by molar-refractivity contribution is 0.256. The Kier molecular flexibility index (Phi) is 7.98. The zero-order valence-corrected chi connectivity index (χ0v) is 14.8. The standard InChI is InChI=1S/C16H29N3O3S/c1-13(2)11-19(10-4-3-5-15(18)12-20)23(21,22)16-8-6-14(17)7-9-16/h6-9,13,15,20H,3-5,10-12,17-18H2,1-2H3. The van der Waals surface area contributed by atoms with Crippen LogP contribution >= 0.6 is 0 Å². The molecule has 0 aliphatic carbocycles. The second-order valence-electron chi connectivity index (χ2n) is 6.26. The molecule has 6 nitrogen and oxygen atoms in total. The molecule has 0 spiro atoms. The molecule has 0 amide bonds. The molecule has 1 atom stereocenters. The fourth-order valence-electron chi connectivity index (χ4n) is 2.29. The van der Waals surface area contributed by atoms with Crippen LogP contribution in [0.25, 0.3) is 0 Å². The number of hydrogen-bond donors (Lipinski definition) is 3. The maximum absolute atomic E-state index is 12.8. The number of aliphatic hydroxyl groups is 1. The van der Waals surface area contributed by atoms with Crippen LogP contribution in [-0.4, -0.2) is 43.6 Å². The Balaban J connectivity index is 2.77. The van der Waals surface area contributed by atoms with E-state index < -0.39 is 10.0 Å². The Morgan fingerprint density at radius 2 is 1.78 bits per heavy atom. The normalized spacial score (nSPS) is 13.7. The van der Waals surface area contributed by atoms with Crippen molar-refractivity contribution in [3.63, 3.8) is 0 Å². The highest BCUT2D eigenvalue weighted by atomic mass is 32.2. The van der Waals surface area contributed by atoms with Gasteiger partial charge in [0, 0.05) is 24.8 Å². The number of sulfonamides is 1. The lowest BCUT2D eigenvalue weighted by Gasteiger charge is -2.24. The minimum Gasteiger partial charge on any atom is -0.399 e. The van der Waals surface area contributed by atoms with Crippen molar-refractivity contribution in [1.29, 1.82) is 0 Å². The molecule has 1 aromatic rings. The number of anilines is 1. The van der Waals surface area contributed by atoms with Gasteiger partial charge in [-0.3, -0.25) is 0 Å². The number of aliphatic hydroxyl groups excluding tert-OH is 1. The molecule has 23 heavy (non-hydrogen) atoms. The van der Waals surface area contributed by atoms with E-state index in [0.717, 1.165) is 6.42 Å². The van der Waals surface area contributed by atoms with E-state index in [4.69, 9.17) is 16.6 Å². The number of unbranched alkanes of at least 4 members (excludes halogenated alkanes) is 1. The van der Waals surface area contributed by atoms with Crippen molar-refractivity contribution in [3.8, 4) is 0 Å². The summed E-state index contributed by atoms with van der Waals surface area (Å²) in [6.07, 6.45) is 2.19. The topological polar surface area (TPSA) is 110 Å². The fraction of sp³-hybridized carbons (Fsp3) is 0.625. The minimum atomic E-state index is -3.52. The second-order valence-corrected chi connectivity index (χ2v) is 8.20. The molecule has 0 saturated carbocycles. The lowest BCUT2D eigenvalue weighted by Crippen LogP contribution is -2.35. The summed E-state index contributed by atoms with van der Waals surface area (Å²) in [5.41, 5.74) is 11.8. The SMILES string of the molecule is CC(C)CN(CCCCC(N)CO)S(=O)(=O)c1ccc(N)cc1. The summed E-state index contributed by atoms with van der Waals surface area (Å²) < 4.78 is 27.1. The molecule has 1 unspecified atom stereocenters. The van der Waals surface area contributed by atoms with Crippen LogP contribution in [0.4, 0.5) is 5.69 Å². The van der Waals surface area contributed by atoms with E-state index in [9.17, 15) is 8.42 Å². The smallest absolute Gasteiger partial charge is 0.243 e. The molecule has 0 aromatic heterocycles. The number of rotatable bonds is 10. The van der Waals surface area contributed by atoms with Gasteiger partial charge in [-0.25, -0.2) is 8.42 Å². The van der Waals surface area contributed by atoms with Gasteiger partial charge in [-0.15, -0.1) is 0 Å². The Hall–Kier alpha value is -1.15. The third-order valence-electron chi connectivity index (χ3n) is 3.55.